The highest BCUT2D eigenvalue weighted by atomic mass is 16.6. The topological polar surface area (TPSA) is 108 Å². The van der Waals surface area contributed by atoms with Crippen molar-refractivity contribution in [3.63, 3.8) is 0 Å². The van der Waals surface area contributed by atoms with E-state index >= 15 is 0 Å². The van der Waals surface area contributed by atoms with E-state index in [0.29, 0.717) is 5.56 Å². The van der Waals surface area contributed by atoms with Gasteiger partial charge in [0.15, 0.2) is 0 Å². The van der Waals surface area contributed by atoms with Crippen molar-refractivity contribution in [2.75, 3.05) is 0 Å². The van der Waals surface area contributed by atoms with Gasteiger partial charge >= 0.3 is 0 Å². The van der Waals surface area contributed by atoms with Crippen LogP contribution in [0.4, 0.5) is 11.4 Å². The molecule has 0 atom stereocenters. The first-order valence-corrected chi connectivity index (χ1v) is 5.98. The van der Waals surface area contributed by atoms with E-state index in [2.05, 4.69) is 0 Å². The van der Waals surface area contributed by atoms with Crippen molar-refractivity contribution in [3.8, 4) is 0 Å². The van der Waals surface area contributed by atoms with Crippen LogP contribution >= 0.6 is 0 Å². The highest BCUT2D eigenvalue weighted by Gasteiger charge is 2.19. The van der Waals surface area contributed by atoms with Crippen LogP contribution in [0.3, 0.4) is 0 Å². The van der Waals surface area contributed by atoms with Gasteiger partial charge in [-0.25, -0.2) is 0 Å². The molecule has 0 amide bonds. The molecule has 2 aromatic rings. The molecule has 0 saturated carbocycles. The van der Waals surface area contributed by atoms with Crippen molar-refractivity contribution in [3.05, 3.63) is 78.2 Å². The van der Waals surface area contributed by atoms with Crippen LogP contribution in [0.25, 0.3) is 0 Å². The molecule has 1 aromatic heterocycles. The SMILES string of the molecule is Cc1cccn(Cc2ccc([N+](=O)[O-])cc2[N+](=O)[O-])c1=O. The molecule has 1 aromatic carbocycles. The molecule has 0 aliphatic heterocycles. The molecule has 0 N–H and O–H groups in total. The first kappa shape index (κ1) is 14.4. The molecule has 21 heavy (non-hydrogen) atoms. The molecule has 2 rings (SSSR count). The van der Waals surface area contributed by atoms with Gasteiger partial charge in [-0.2, -0.15) is 0 Å². The molecule has 0 fully saturated rings. The van der Waals surface area contributed by atoms with E-state index in [4.69, 9.17) is 0 Å². The lowest BCUT2D eigenvalue weighted by Gasteiger charge is -2.07. The Balaban J connectivity index is 2.49. The van der Waals surface area contributed by atoms with Crippen LogP contribution in [0, 0.1) is 27.2 Å². The molecule has 8 heteroatoms. The molecule has 0 spiro atoms. The highest BCUT2D eigenvalue weighted by Crippen LogP contribution is 2.25. The summed E-state index contributed by atoms with van der Waals surface area (Å²) in [5.74, 6) is 0. The number of nitro benzene ring substituents is 2. The number of nitro groups is 2. The molecule has 8 nitrogen and oxygen atoms in total. The molecular weight excluding hydrogens is 278 g/mol. The maximum absolute atomic E-state index is 11.9. The lowest BCUT2D eigenvalue weighted by atomic mass is 10.1. The zero-order valence-corrected chi connectivity index (χ0v) is 11.1. The number of hydrogen-bond acceptors (Lipinski definition) is 5. The van der Waals surface area contributed by atoms with E-state index in [1.165, 1.54) is 22.9 Å². The van der Waals surface area contributed by atoms with Crippen molar-refractivity contribution in [2.24, 2.45) is 0 Å². The van der Waals surface area contributed by atoms with Gasteiger partial charge in [0.1, 0.15) is 0 Å². The Morgan fingerprint density at radius 2 is 1.86 bits per heavy atom. The monoisotopic (exact) mass is 289 g/mol. The standard InChI is InChI=1S/C13H11N3O5/c1-9-3-2-6-14(13(9)17)8-10-4-5-11(15(18)19)7-12(10)16(20)21/h2-7H,8H2,1H3. The fraction of sp³-hybridized carbons (Fsp3) is 0.154. The van der Waals surface area contributed by atoms with Crippen LogP contribution in [-0.2, 0) is 6.54 Å². The number of aromatic nitrogens is 1. The number of aryl methyl sites for hydroxylation is 1. The van der Waals surface area contributed by atoms with Crippen molar-refractivity contribution in [1.29, 1.82) is 0 Å². The minimum atomic E-state index is -0.699. The predicted octanol–water partition coefficient (Wildman–Crippen LogP) is 2.02. The molecule has 1 heterocycles. The minimum absolute atomic E-state index is 0.0190. The normalized spacial score (nSPS) is 10.3. The summed E-state index contributed by atoms with van der Waals surface area (Å²) < 4.78 is 1.32. The first-order valence-electron chi connectivity index (χ1n) is 5.98. The summed E-state index contributed by atoms with van der Waals surface area (Å²) in [6, 6.07) is 6.68. The molecule has 108 valence electrons. The van der Waals surface area contributed by atoms with Crippen LogP contribution in [0.15, 0.2) is 41.3 Å². The number of non-ortho nitro benzene ring substituents is 1. The fourth-order valence-electron chi connectivity index (χ4n) is 1.93. The van der Waals surface area contributed by atoms with Crippen LogP contribution < -0.4 is 5.56 Å². The average Bonchev–Trinajstić information content (AvgIpc) is 2.43. The van der Waals surface area contributed by atoms with E-state index in [-0.39, 0.29) is 29.0 Å². The van der Waals surface area contributed by atoms with E-state index in [0.717, 1.165) is 6.07 Å². The Morgan fingerprint density at radius 3 is 2.48 bits per heavy atom. The van der Waals surface area contributed by atoms with Gasteiger partial charge in [0.05, 0.1) is 28.0 Å². The largest absolute Gasteiger partial charge is 0.311 e. The summed E-state index contributed by atoms with van der Waals surface area (Å²) in [6.45, 7) is 1.62. The van der Waals surface area contributed by atoms with Gasteiger partial charge in [-0.15, -0.1) is 0 Å². The number of rotatable bonds is 4. The molecular formula is C13H11N3O5. The van der Waals surface area contributed by atoms with Gasteiger partial charge in [0.25, 0.3) is 16.9 Å². The maximum atomic E-state index is 11.9. The van der Waals surface area contributed by atoms with E-state index in [1.54, 1.807) is 19.1 Å². The Bertz CT molecular complexity index is 782. The van der Waals surface area contributed by atoms with Gasteiger partial charge < -0.3 is 4.57 Å². The molecule has 0 radical (unpaired) electrons. The minimum Gasteiger partial charge on any atom is -0.311 e. The summed E-state index contributed by atoms with van der Waals surface area (Å²) in [5.41, 5.74) is -0.245. The first-order chi connectivity index (χ1) is 9.90. The third kappa shape index (κ3) is 2.94. The van der Waals surface area contributed by atoms with Gasteiger partial charge in [-0.1, -0.05) is 6.07 Å². The number of nitrogens with zero attached hydrogens (tertiary/aromatic N) is 3. The van der Waals surface area contributed by atoms with Gasteiger partial charge in [-0.05, 0) is 19.1 Å². The number of pyridine rings is 1. The average molecular weight is 289 g/mol. The van der Waals surface area contributed by atoms with Crippen LogP contribution in [0.2, 0.25) is 0 Å². The van der Waals surface area contributed by atoms with Gasteiger partial charge in [0, 0.05) is 17.8 Å². The maximum Gasteiger partial charge on any atom is 0.281 e. The summed E-state index contributed by atoms with van der Waals surface area (Å²) >= 11 is 0. The summed E-state index contributed by atoms with van der Waals surface area (Å²) in [6.07, 6.45) is 1.51. The third-order valence-corrected chi connectivity index (χ3v) is 3.03. The second kappa shape index (κ2) is 5.53. The summed E-state index contributed by atoms with van der Waals surface area (Å²) in [4.78, 5) is 32.2. The Kier molecular flexibility index (Phi) is 3.79. The second-order valence-electron chi connectivity index (χ2n) is 4.45. The van der Waals surface area contributed by atoms with Gasteiger partial charge in [-0.3, -0.25) is 25.0 Å². The third-order valence-electron chi connectivity index (χ3n) is 3.03. The fourth-order valence-corrected chi connectivity index (χ4v) is 1.93. The summed E-state index contributed by atoms with van der Waals surface area (Å²) in [5, 5.41) is 21.7. The van der Waals surface area contributed by atoms with Crippen LogP contribution in [0.5, 0.6) is 0 Å². The van der Waals surface area contributed by atoms with E-state index in [1.807, 2.05) is 0 Å². The smallest absolute Gasteiger partial charge is 0.281 e. The Morgan fingerprint density at radius 1 is 1.14 bits per heavy atom. The lowest BCUT2D eigenvalue weighted by molar-refractivity contribution is -0.394. The Hall–Kier alpha value is -3.03. The zero-order chi connectivity index (χ0) is 15.6. The number of benzene rings is 1. The molecule has 0 aliphatic carbocycles. The van der Waals surface area contributed by atoms with Crippen LogP contribution in [-0.4, -0.2) is 14.4 Å². The van der Waals surface area contributed by atoms with Crippen LogP contribution in [0.1, 0.15) is 11.1 Å². The van der Waals surface area contributed by atoms with Crippen molar-refractivity contribution in [2.45, 2.75) is 13.5 Å². The second-order valence-corrected chi connectivity index (χ2v) is 4.45. The highest BCUT2D eigenvalue weighted by molar-refractivity contribution is 5.49. The van der Waals surface area contributed by atoms with Crippen molar-refractivity contribution >= 4 is 11.4 Å². The lowest BCUT2D eigenvalue weighted by Crippen LogP contribution is -2.22. The van der Waals surface area contributed by atoms with Crippen molar-refractivity contribution < 1.29 is 9.85 Å². The van der Waals surface area contributed by atoms with Gasteiger partial charge in [0.2, 0.25) is 0 Å². The quantitative estimate of drug-likeness (QED) is 0.632. The summed E-state index contributed by atoms with van der Waals surface area (Å²) in [7, 11) is 0. The molecule has 0 unspecified atom stereocenters. The zero-order valence-electron chi connectivity index (χ0n) is 11.1. The molecule has 0 aliphatic rings. The molecule has 0 bridgehead atoms. The molecule has 0 saturated heterocycles. The van der Waals surface area contributed by atoms with E-state index < -0.39 is 9.85 Å². The van der Waals surface area contributed by atoms with E-state index in [9.17, 15) is 25.0 Å². The van der Waals surface area contributed by atoms with Crippen molar-refractivity contribution in [1.82, 2.24) is 4.57 Å². The Labute approximate surface area is 118 Å². The number of hydrogen-bond donors (Lipinski definition) is 0. The predicted molar refractivity (Wildman–Crippen MR) is 74.3 cm³/mol.